The molecule has 7 heteroatoms. The average Bonchev–Trinajstić information content (AvgIpc) is 2.40. The molecule has 110 valence electrons. The molecule has 21 heavy (non-hydrogen) atoms. The number of rotatable bonds is 3. The zero-order chi connectivity index (χ0) is 15.6. The third-order valence-corrected chi connectivity index (χ3v) is 3.19. The molecule has 1 aromatic carbocycles. The fraction of sp³-hybridized carbons (Fsp3) is 0.143. The molecule has 0 bridgehead atoms. The maximum absolute atomic E-state index is 12.6. The molecule has 0 radical (unpaired) electrons. The molecule has 0 aliphatic carbocycles. The fourth-order valence-electron chi connectivity index (χ4n) is 1.92. The van der Waals surface area contributed by atoms with Gasteiger partial charge in [-0.1, -0.05) is 41.9 Å². The fourth-order valence-corrected chi connectivity index (χ4v) is 2.19. The van der Waals surface area contributed by atoms with Gasteiger partial charge in [-0.15, -0.1) is 0 Å². The Bertz CT molecular complexity index is 659. The van der Waals surface area contributed by atoms with E-state index in [4.69, 9.17) is 17.3 Å². The van der Waals surface area contributed by atoms with Gasteiger partial charge in [-0.25, -0.2) is 0 Å². The van der Waals surface area contributed by atoms with Crippen LogP contribution in [0.4, 0.5) is 13.2 Å². The van der Waals surface area contributed by atoms with Crippen molar-refractivity contribution in [2.75, 3.05) is 0 Å². The standard InChI is InChI=1S/C14H10ClF3N2O/c15-10-6-9(14(16,17)18)7-20-12(10)11(13(19)21)8-4-2-1-3-5-8/h1-7,11H,(H2,19,21)/t11-/m0/s1. The van der Waals surface area contributed by atoms with E-state index in [0.29, 0.717) is 11.8 Å². The number of pyridine rings is 1. The van der Waals surface area contributed by atoms with Crippen molar-refractivity contribution < 1.29 is 18.0 Å². The van der Waals surface area contributed by atoms with Crippen LogP contribution in [-0.4, -0.2) is 10.9 Å². The molecule has 1 atom stereocenters. The minimum absolute atomic E-state index is 0.00312. The molecule has 2 aromatic rings. The molecule has 3 nitrogen and oxygen atoms in total. The van der Waals surface area contributed by atoms with Gasteiger partial charge >= 0.3 is 6.18 Å². The monoisotopic (exact) mass is 314 g/mol. The van der Waals surface area contributed by atoms with Crippen LogP contribution in [0.5, 0.6) is 0 Å². The van der Waals surface area contributed by atoms with Gasteiger partial charge < -0.3 is 5.73 Å². The highest BCUT2D eigenvalue weighted by Crippen LogP contribution is 2.34. The summed E-state index contributed by atoms with van der Waals surface area (Å²) in [6.45, 7) is 0. The van der Waals surface area contributed by atoms with Gasteiger partial charge in [-0.05, 0) is 11.6 Å². The molecule has 1 amide bonds. The van der Waals surface area contributed by atoms with E-state index in [2.05, 4.69) is 4.98 Å². The number of aromatic nitrogens is 1. The van der Waals surface area contributed by atoms with Crippen LogP contribution in [0.2, 0.25) is 5.02 Å². The van der Waals surface area contributed by atoms with E-state index < -0.39 is 23.6 Å². The van der Waals surface area contributed by atoms with Crippen LogP contribution in [0, 0.1) is 0 Å². The van der Waals surface area contributed by atoms with Crippen LogP contribution in [0.25, 0.3) is 0 Å². The first kappa shape index (κ1) is 15.3. The Morgan fingerprint density at radius 1 is 1.24 bits per heavy atom. The number of benzene rings is 1. The molecule has 0 saturated carbocycles. The van der Waals surface area contributed by atoms with Crippen LogP contribution < -0.4 is 5.73 Å². The second-order valence-corrected chi connectivity index (χ2v) is 4.74. The van der Waals surface area contributed by atoms with Crippen LogP contribution in [-0.2, 0) is 11.0 Å². The third kappa shape index (κ3) is 3.33. The lowest BCUT2D eigenvalue weighted by Crippen LogP contribution is -2.24. The van der Waals surface area contributed by atoms with E-state index in [1.807, 2.05) is 0 Å². The first-order valence-electron chi connectivity index (χ1n) is 5.87. The Balaban J connectivity index is 2.50. The van der Waals surface area contributed by atoms with E-state index in [1.165, 1.54) is 0 Å². The van der Waals surface area contributed by atoms with Crippen molar-refractivity contribution in [3.63, 3.8) is 0 Å². The van der Waals surface area contributed by atoms with Gasteiger partial charge in [0.15, 0.2) is 0 Å². The minimum atomic E-state index is -4.55. The molecule has 0 aliphatic heterocycles. The maximum Gasteiger partial charge on any atom is 0.417 e. The van der Waals surface area contributed by atoms with Gasteiger partial charge in [0, 0.05) is 6.20 Å². The Hall–Kier alpha value is -2.08. The van der Waals surface area contributed by atoms with E-state index in [-0.39, 0.29) is 10.7 Å². The number of carbonyl (C=O) groups excluding carboxylic acids is 1. The third-order valence-electron chi connectivity index (χ3n) is 2.89. The molecule has 0 aliphatic rings. The van der Waals surface area contributed by atoms with E-state index in [0.717, 1.165) is 6.07 Å². The maximum atomic E-state index is 12.6. The number of halogens is 4. The van der Waals surface area contributed by atoms with Gasteiger partial charge in [-0.2, -0.15) is 13.2 Å². The van der Waals surface area contributed by atoms with Crippen LogP contribution in [0.1, 0.15) is 22.7 Å². The zero-order valence-corrected chi connectivity index (χ0v) is 11.3. The van der Waals surface area contributed by atoms with Gasteiger partial charge in [0.25, 0.3) is 0 Å². The van der Waals surface area contributed by atoms with E-state index >= 15 is 0 Å². The number of hydrogen-bond acceptors (Lipinski definition) is 2. The first-order valence-corrected chi connectivity index (χ1v) is 6.25. The number of primary amides is 1. The number of hydrogen-bond donors (Lipinski definition) is 1. The summed E-state index contributed by atoms with van der Waals surface area (Å²) in [5.41, 5.74) is 4.87. The summed E-state index contributed by atoms with van der Waals surface area (Å²) in [5, 5.41) is -0.252. The molecule has 0 saturated heterocycles. The SMILES string of the molecule is NC(=O)[C@@H](c1ccccc1)c1ncc(C(F)(F)F)cc1Cl. The number of nitrogens with two attached hydrogens (primary N) is 1. The summed E-state index contributed by atoms with van der Waals surface area (Å²) in [7, 11) is 0. The number of amides is 1. The topological polar surface area (TPSA) is 56.0 Å². The summed E-state index contributed by atoms with van der Waals surface area (Å²) in [6, 6.07) is 9.11. The molecular weight excluding hydrogens is 305 g/mol. The predicted molar refractivity (Wildman–Crippen MR) is 71.7 cm³/mol. The summed E-state index contributed by atoms with van der Waals surface area (Å²) in [5.74, 6) is -1.74. The Morgan fingerprint density at radius 2 is 1.86 bits per heavy atom. The summed E-state index contributed by atoms with van der Waals surface area (Å²) in [6.07, 6.45) is -3.91. The normalized spacial score (nSPS) is 13.0. The molecular formula is C14H10ClF3N2O. The van der Waals surface area contributed by atoms with Crippen molar-refractivity contribution in [2.24, 2.45) is 5.73 Å². The van der Waals surface area contributed by atoms with Gasteiger partial charge in [0.2, 0.25) is 5.91 Å². The Labute approximate surface area is 123 Å². The molecule has 0 fully saturated rings. The van der Waals surface area contributed by atoms with Gasteiger partial charge in [-0.3, -0.25) is 9.78 Å². The van der Waals surface area contributed by atoms with Crippen molar-refractivity contribution in [3.8, 4) is 0 Å². The van der Waals surface area contributed by atoms with Crippen LogP contribution >= 0.6 is 11.6 Å². The molecule has 0 spiro atoms. The number of carbonyl (C=O) groups is 1. The summed E-state index contributed by atoms with van der Waals surface area (Å²) < 4.78 is 37.8. The highest BCUT2D eigenvalue weighted by atomic mass is 35.5. The van der Waals surface area contributed by atoms with Crippen LogP contribution in [0.15, 0.2) is 42.6 Å². The second kappa shape index (κ2) is 5.73. The van der Waals surface area contributed by atoms with Crippen molar-refractivity contribution in [1.29, 1.82) is 0 Å². The quantitative estimate of drug-likeness (QED) is 0.944. The van der Waals surface area contributed by atoms with E-state index in [9.17, 15) is 18.0 Å². The minimum Gasteiger partial charge on any atom is -0.369 e. The van der Waals surface area contributed by atoms with Crippen molar-refractivity contribution in [1.82, 2.24) is 4.98 Å². The molecule has 2 rings (SSSR count). The second-order valence-electron chi connectivity index (χ2n) is 4.33. The average molecular weight is 315 g/mol. The Kier molecular flexibility index (Phi) is 4.18. The predicted octanol–water partition coefficient (Wildman–Crippen LogP) is 3.37. The van der Waals surface area contributed by atoms with Crippen LogP contribution in [0.3, 0.4) is 0 Å². The Morgan fingerprint density at radius 3 is 2.33 bits per heavy atom. The summed E-state index contributed by atoms with van der Waals surface area (Å²) in [4.78, 5) is 15.3. The highest BCUT2D eigenvalue weighted by molar-refractivity contribution is 6.31. The lowest BCUT2D eigenvalue weighted by molar-refractivity contribution is -0.137. The molecule has 1 heterocycles. The summed E-state index contributed by atoms with van der Waals surface area (Å²) >= 11 is 5.85. The lowest BCUT2D eigenvalue weighted by atomic mass is 9.94. The number of alkyl halides is 3. The van der Waals surface area contributed by atoms with Crippen molar-refractivity contribution in [3.05, 3.63) is 64.4 Å². The molecule has 0 unspecified atom stereocenters. The molecule has 1 aromatic heterocycles. The molecule has 2 N–H and O–H groups in total. The first-order chi connectivity index (χ1) is 9.80. The van der Waals surface area contributed by atoms with Gasteiger partial charge in [0.1, 0.15) is 5.92 Å². The lowest BCUT2D eigenvalue weighted by Gasteiger charge is -2.16. The van der Waals surface area contributed by atoms with E-state index in [1.54, 1.807) is 30.3 Å². The largest absolute Gasteiger partial charge is 0.417 e. The zero-order valence-electron chi connectivity index (χ0n) is 10.6. The van der Waals surface area contributed by atoms with Crippen molar-refractivity contribution in [2.45, 2.75) is 12.1 Å². The highest BCUT2D eigenvalue weighted by Gasteiger charge is 2.33. The number of nitrogens with zero attached hydrogens (tertiary/aromatic N) is 1. The van der Waals surface area contributed by atoms with Crippen molar-refractivity contribution >= 4 is 17.5 Å². The van der Waals surface area contributed by atoms with Gasteiger partial charge in [0.05, 0.1) is 16.3 Å². The smallest absolute Gasteiger partial charge is 0.369 e.